The maximum absolute atomic E-state index is 12.5. The number of halogens is 5. The Labute approximate surface area is 155 Å². The van der Waals surface area contributed by atoms with Crippen LogP contribution in [-0.2, 0) is 15.8 Å². The minimum absolute atomic E-state index is 0.0304. The quantitative estimate of drug-likeness (QED) is 0.460. The number of amides is 2. The molecule has 136 valence electrons. The van der Waals surface area contributed by atoms with Gasteiger partial charge in [-0.15, -0.1) is 0 Å². The van der Waals surface area contributed by atoms with Crippen LogP contribution in [0.4, 0.5) is 18.9 Å². The molecule has 0 aromatic heterocycles. The Balaban J connectivity index is 1.93. The highest BCUT2D eigenvalue weighted by atomic mass is 35.5. The second kappa shape index (κ2) is 8.20. The number of nitrogens with zero attached hydrogens (tertiary/aromatic N) is 1. The molecule has 0 saturated carbocycles. The van der Waals surface area contributed by atoms with E-state index in [-0.39, 0.29) is 5.69 Å². The molecule has 0 heterocycles. The highest BCUT2D eigenvalue weighted by Gasteiger charge is 2.30. The number of carbonyl (C=O) groups excluding carboxylic acids is 2. The monoisotopic (exact) mass is 403 g/mol. The van der Waals surface area contributed by atoms with Gasteiger partial charge in [-0.3, -0.25) is 9.59 Å². The lowest BCUT2D eigenvalue weighted by Crippen LogP contribution is -2.32. The topological polar surface area (TPSA) is 70.6 Å². The first-order valence-corrected chi connectivity index (χ1v) is 7.69. The van der Waals surface area contributed by atoms with Crippen molar-refractivity contribution in [1.82, 2.24) is 5.43 Å². The van der Waals surface area contributed by atoms with Gasteiger partial charge in [0.2, 0.25) is 0 Å². The number of carbonyl (C=O) groups is 2. The molecule has 0 bridgehead atoms. The van der Waals surface area contributed by atoms with E-state index in [1.54, 1.807) is 12.1 Å². The maximum atomic E-state index is 12.5. The van der Waals surface area contributed by atoms with Crippen LogP contribution in [0.25, 0.3) is 0 Å². The van der Waals surface area contributed by atoms with Gasteiger partial charge >= 0.3 is 18.0 Å². The summed E-state index contributed by atoms with van der Waals surface area (Å²) in [6.45, 7) is 0. The van der Waals surface area contributed by atoms with Crippen molar-refractivity contribution in [1.29, 1.82) is 0 Å². The zero-order valence-electron chi connectivity index (χ0n) is 12.8. The van der Waals surface area contributed by atoms with Crippen LogP contribution < -0.4 is 10.7 Å². The fraction of sp³-hybridized carbons (Fsp3) is 0.0625. The normalized spacial score (nSPS) is 11.4. The summed E-state index contributed by atoms with van der Waals surface area (Å²) >= 11 is 11.7. The lowest BCUT2D eigenvalue weighted by atomic mass is 10.2. The molecule has 0 fully saturated rings. The van der Waals surface area contributed by atoms with Gasteiger partial charge in [-0.2, -0.15) is 18.3 Å². The van der Waals surface area contributed by atoms with Gasteiger partial charge in [0, 0.05) is 16.3 Å². The van der Waals surface area contributed by atoms with E-state index in [4.69, 9.17) is 23.2 Å². The molecule has 0 saturated heterocycles. The average Bonchev–Trinajstić information content (AvgIpc) is 2.56. The minimum Gasteiger partial charge on any atom is -0.318 e. The van der Waals surface area contributed by atoms with Crippen LogP contribution in [0.5, 0.6) is 0 Å². The van der Waals surface area contributed by atoms with Crippen molar-refractivity contribution >= 4 is 46.9 Å². The first-order chi connectivity index (χ1) is 12.2. The number of alkyl halides is 3. The number of nitrogens with one attached hydrogen (secondary N) is 2. The van der Waals surface area contributed by atoms with Gasteiger partial charge < -0.3 is 5.32 Å². The van der Waals surface area contributed by atoms with Crippen molar-refractivity contribution in [3.8, 4) is 0 Å². The summed E-state index contributed by atoms with van der Waals surface area (Å²) in [7, 11) is 0. The van der Waals surface area contributed by atoms with Crippen molar-refractivity contribution in [2.75, 3.05) is 5.32 Å². The maximum Gasteiger partial charge on any atom is 0.416 e. The van der Waals surface area contributed by atoms with Crippen LogP contribution in [-0.4, -0.2) is 18.0 Å². The standard InChI is InChI=1S/C16H10Cl2F3N3O2/c17-11-4-1-9(13(18)7-11)8-22-24-15(26)14(25)23-12-5-2-10(3-6-12)16(19,20)21/h1-8H,(H,23,25)(H,24,26)/b22-8+. The van der Waals surface area contributed by atoms with E-state index in [0.717, 1.165) is 24.3 Å². The van der Waals surface area contributed by atoms with Crippen LogP contribution in [0.15, 0.2) is 47.6 Å². The lowest BCUT2D eigenvalue weighted by molar-refractivity contribution is -0.137. The molecule has 2 aromatic rings. The lowest BCUT2D eigenvalue weighted by Gasteiger charge is -2.08. The van der Waals surface area contributed by atoms with E-state index in [1.165, 1.54) is 12.3 Å². The summed E-state index contributed by atoms with van der Waals surface area (Å²) < 4.78 is 37.4. The first kappa shape index (κ1) is 19.7. The number of rotatable bonds is 3. The van der Waals surface area contributed by atoms with E-state index in [0.29, 0.717) is 15.6 Å². The smallest absolute Gasteiger partial charge is 0.318 e. The number of hydrazone groups is 1. The molecular formula is C16H10Cl2F3N3O2. The molecule has 0 aliphatic carbocycles. The largest absolute Gasteiger partial charge is 0.416 e. The molecule has 2 rings (SSSR count). The van der Waals surface area contributed by atoms with Gasteiger partial charge in [-0.25, -0.2) is 5.43 Å². The van der Waals surface area contributed by atoms with Crippen molar-refractivity contribution in [2.45, 2.75) is 6.18 Å². The summed E-state index contributed by atoms with van der Waals surface area (Å²) in [5.41, 5.74) is 1.59. The second-order valence-electron chi connectivity index (χ2n) is 4.89. The van der Waals surface area contributed by atoms with Gasteiger partial charge in [0.15, 0.2) is 0 Å². The number of hydrogen-bond acceptors (Lipinski definition) is 3. The Morgan fingerprint density at radius 3 is 2.23 bits per heavy atom. The number of benzene rings is 2. The molecule has 0 atom stereocenters. The third kappa shape index (κ3) is 5.47. The van der Waals surface area contributed by atoms with Crippen molar-refractivity contribution in [3.63, 3.8) is 0 Å². The average molecular weight is 404 g/mol. The molecule has 2 aromatic carbocycles. The molecule has 0 unspecified atom stereocenters. The predicted molar refractivity (Wildman–Crippen MR) is 92.3 cm³/mol. The molecule has 0 aliphatic rings. The van der Waals surface area contributed by atoms with Crippen LogP contribution in [0, 0.1) is 0 Å². The van der Waals surface area contributed by atoms with E-state index >= 15 is 0 Å². The third-order valence-corrected chi connectivity index (χ3v) is 3.57. The Morgan fingerprint density at radius 1 is 1.00 bits per heavy atom. The van der Waals surface area contributed by atoms with Crippen molar-refractivity contribution < 1.29 is 22.8 Å². The molecule has 0 spiro atoms. The predicted octanol–water partition coefficient (Wildman–Crippen LogP) is 4.10. The molecule has 0 aliphatic heterocycles. The van der Waals surface area contributed by atoms with Gasteiger partial charge in [-0.1, -0.05) is 29.3 Å². The first-order valence-electron chi connectivity index (χ1n) is 6.93. The van der Waals surface area contributed by atoms with Gasteiger partial charge in [0.25, 0.3) is 0 Å². The molecule has 10 heteroatoms. The molecule has 0 radical (unpaired) electrons. The zero-order chi connectivity index (χ0) is 19.3. The van der Waals surface area contributed by atoms with Crippen LogP contribution in [0.3, 0.4) is 0 Å². The van der Waals surface area contributed by atoms with Gasteiger partial charge in [0.1, 0.15) is 0 Å². The summed E-state index contributed by atoms with van der Waals surface area (Å²) in [5, 5.41) is 6.45. The summed E-state index contributed by atoms with van der Waals surface area (Å²) in [5.74, 6) is -2.20. The molecule has 2 amide bonds. The van der Waals surface area contributed by atoms with Crippen LogP contribution in [0.2, 0.25) is 10.0 Å². The third-order valence-electron chi connectivity index (χ3n) is 3.01. The van der Waals surface area contributed by atoms with Crippen LogP contribution >= 0.6 is 23.2 Å². The highest BCUT2D eigenvalue weighted by Crippen LogP contribution is 2.29. The van der Waals surface area contributed by atoms with Gasteiger partial charge in [0.05, 0.1) is 16.8 Å². The fourth-order valence-electron chi connectivity index (χ4n) is 1.75. The highest BCUT2D eigenvalue weighted by molar-refractivity contribution is 6.39. The fourth-order valence-corrected chi connectivity index (χ4v) is 2.21. The van der Waals surface area contributed by atoms with Crippen LogP contribution in [0.1, 0.15) is 11.1 Å². The second-order valence-corrected chi connectivity index (χ2v) is 5.74. The van der Waals surface area contributed by atoms with E-state index in [1.807, 2.05) is 5.43 Å². The Morgan fingerprint density at radius 2 is 1.65 bits per heavy atom. The molecule has 26 heavy (non-hydrogen) atoms. The zero-order valence-corrected chi connectivity index (χ0v) is 14.3. The van der Waals surface area contributed by atoms with Crippen molar-refractivity contribution in [2.24, 2.45) is 5.10 Å². The molecule has 2 N–H and O–H groups in total. The van der Waals surface area contributed by atoms with Gasteiger partial charge in [-0.05, 0) is 36.4 Å². The van der Waals surface area contributed by atoms with Crippen molar-refractivity contribution in [3.05, 3.63) is 63.6 Å². The van der Waals surface area contributed by atoms with E-state index < -0.39 is 23.6 Å². The number of anilines is 1. The minimum atomic E-state index is -4.49. The Hall–Kier alpha value is -2.58. The molecular weight excluding hydrogens is 394 g/mol. The summed E-state index contributed by atoms with van der Waals surface area (Å²) in [6.07, 6.45) is -3.28. The summed E-state index contributed by atoms with van der Waals surface area (Å²) in [6, 6.07) is 8.23. The SMILES string of the molecule is O=C(N/N=C/c1ccc(Cl)cc1Cl)C(=O)Nc1ccc(C(F)(F)F)cc1. The van der Waals surface area contributed by atoms with E-state index in [9.17, 15) is 22.8 Å². The molecule has 5 nitrogen and oxygen atoms in total. The Kier molecular flexibility index (Phi) is 6.23. The Bertz CT molecular complexity index is 853. The van der Waals surface area contributed by atoms with E-state index in [2.05, 4.69) is 10.4 Å². The number of hydrogen-bond donors (Lipinski definition) is 2. The summed E-state index contributed by atoms with van der Waals surface area (Å²) in [4.78, 5) is 23.3.